The molecule has 0 saturated carbocycles. The molecule has 0 amide bonds. The third-order valence-corrected chi connectivity index (χ3v) is 4.53. The first-order valence-electron chi connectivity index (χ1n) is 8.80. The third kappa shape index (κ3) is 3.51. The lowest BCUT2D eigenvalue weighted by Crippen LogP contribution is -2.87. The van der Waals surface area contributed by atoms with Gasteiger partial charge in [0.25, 0.3) is 0 Å². The number of fused-ring (bicyclic) bond motifs is 1. The molecule has 5 heteroatoms. The minimum absolute atomic E-state index is 0.00809. The molecule has 134 valence electrons. The molecule has 2 aromatic carbocycles. The van der Waals surface area contributed by atoms with Crippen molar-refractivity contribution < 1.29 is 24.6 Å². The first-order valence-corrected chi connectivity index (χ1v) is 8.80. The highest BCUT2D eigenvalue weighted by Gasteiger charge is 2.29. The highest BCUT2D eigenvalue weighted by Crippen LogP contribution is 2.38. The van der Waals surface area contributed by atoms with Crippen LogP contribution in [0.1, 0.15) is 36.6 Å². The van der Waals surface area contributed by atoms with Gasteiger partial charge in [-0.05, 0) is 49.7 Å². The lowest BCUT2D eigenvalue weighted by molar-refractivity contribution is -0.690. The van der Waals surface area contributed by atoms with Crippen molar-refractivity contribution in [3.8, 4) is 23.0 Å². The third-order valence-electron chi connectivity index (χ3n) is 4.53. The lowest BCUT2D eigenvalue weighted by atomic mass is 9.89. The van der Waals surface area contributed by atoms with Gasteiger partial charge in [-0.25, -0.2) is 0 Å². The van der Waals surface area contributed by atoms with Crippen molar-refractivity contribution in [1.82, 2.24) is 0 Å². The molecule has 1 heterocycles. The second-order valence-corrected chi connectivity index (χ2v) is 6.04. The number of quaternary nitrogens is 1. The predicted molar refractivity (Wildman–Crippen MR) is 95.8 cm³/mol. The van der Waals surface area contributed by atoms with Crippen molar-refractivity contribution in [2.75, 3.05) is 26.9 Å². The number of hydrogen-bond acceptors (Lipinski definition) is 4. The average molecular weight is 344 g/mol. The van der Waals surface area contributed by atoms with Crippen LogP contribution in [0.15, 0.2) is 30.3 Å². The highest BCUT2D eigenvalue weighted by molar-refractivity contribution is 5.52. The minimum atomic E-state index is 0.00809. The van der Waals surface area contributed by atoms with Crippen LogP contribution < -0.4 is 19.5 Å². The molecular weight excluding hydrogens is 318 g/mol. The number of phenols is 1. The first kappa shape index (κ1) is 17.4. The molecule has 3 N–H and O–H groups in total. The van der Waals surface area contributed by atoms with Gasteiger partial charge in [0, 0.05) is 12.0 Å². The van der Waals surface area contributed by atoms with Crippen LogP contribution in [0.25, 0.3) is 0 Å². The van der Waals surface area contributed by atoms with Gasteiger partial charge in [-0.3, -0.25) is 0 Å². The van der Waals surface area contributed by atoms with Gasteiger partial charge in [0.15, 0.2) is 11.5 Å². The number of ether oxygens (including phenoxy) is 3. The fourth-order valence-corrected chi connectivity index (χ4v) is 3.40. The smallest absolute Gasteiger partial charge is 0.161 e. The predicted octanol–water partition coefficient (Wildman–Crippen LogP) is 2.41. The van der Waals surface area contributed by atoms with Gasteiger partial charge >= 0.3 is 0 Å². The van der Waals surface area contributed by atoms with Crippen molar-refractivity contribution >= 4 is 0 Å². The van der Waals surface area contributed by atoms with Gasteiger partial charge in [0.1, 0.15) is 17.5 Å². The molecule has 0 radical (unpaired) electrons. The monoisotopic (exact) mass is 344 g/mol. The Bertz CT molecular complexity index is 745. The molecule has 2 aromatic rings. The number of nitrogens with two attached hydrogens (primary N) is 1. The van der Waals surface area contributed by atoms with E-state index in [0.717, 1.165) is 41.3 Å². The fourth-order valence-electron chi connectivity index (χ4n) is 3.40. The van der Waals surface area contributed by atoms with Crippen molar-refractivity contribution in [1.29, 1.82) is 0 Å². The van der Waals surface area contributed by atoms with Crippen LogP contribution in [0.3, 0.4) is 0 Å². The van der Waals surface area contributed by atoms with Crippen LogP contribution in [-0.4, -0.2) is 32.0 Å². The Hall–Kier alpha value is -2.40. The van der Waals surface area contributed by atoms with Gasteiger partial charge in [-0.15, -0.1) is 0 Å². The molecule has 0 fully saturated rings. The largest absolute Gasteiger partial charge is 0.507 e. The average Bonchev–Trinajstić information content (AvgIpc) is 2.63. The molecule has 0 unspecified atom stereocenters. The molecule has 1 aliphatic rings. The van der Waals surface area contributed by atoms with Gasteiger partial charge < -0.3 is 24.6 Å². The normalized spacial score (nSPS) is 16.2. The molecule has 0 bridgehead atoms. The Kier molecular flexibility index (Phi) is 5.34. The van der Waals surface area contributed by atoms with Crippen molar-refractivity contribution in [3.05, 3.63) is 47.0 Å². The van der Waals surface area contributed by atoms with Gasteiger partial charge in [-0.1, -0.05) is 0 Å². The summed E-state index contributed by atoms with van der Waals surface area (Å²) in [6, 6.07) is 9.52. The molecule has 0 aliphatic carbocycles. The topological polar surface area (TPSA) is 64.5 Å². The van der Waals surface area contributed by atoms with Crippen molar-refractivity contribution in [2.45, 2.75) is 26.3 Å². The molecule has 3 rings (SSSR count). The van der Waals surface area contributed by atoms with E-state index in [1.807, 2.05) is 19.9 Å². The van der Waals surface area contributed by atoms with Gasteiger partial charge in [0.2, 0.25) is 0 Å². The molecule has 1 atom stereocenters. The second kappa shape index (κ2) is 7.66. The second-order valence-electron chi connectivity index (χ2n) is 6.04. The fraction of sp³-hybridized carbons (Fsp3) is 0.400. The molecule has 0 spiro atoms. The number of methoxy groups -OCH3 is 1. The summed E-state index contributed by atoms with van der Waals surface area (Å²) in [4.78, 5) is 0. The first-order chi connectivity index (χ1) is 12.2. The maximum absolute atomic E-state index is 10.4. The SMILES string of the molecule is CCOc1cc2c(cc1OCC)[C@@H](c1cc(OC)ccc1O)[NH2+]CC2. The zero-order chi connectivity index (χ0) is 17.8. The van der Waals surface area contributed by atoms with E-state index in [0.29, 0.717) is 13.2 Å². The van der Waals surface area contributed by atoms with Crippen LogP contribution in [0.4, 0.5) is 0 Å². The zero-order valence-electron chi connectivity index (χ0n) is 15.0. The van der Waals surface area contributed by atoms with E-state index in [1.165, 1.54) is 5.56 Å². The van der Waals surface area contributed by atoms with Crippen LogP contribution in [0.5, 0.6) is 23.0 Å². The summed E-state index contributed by atoms with van der Waals surface area (Å²) in [7, 11) is 1.64. The minimum Gasteiger partial charge on any atom is -0.507 e. The summed E-state index contributed by atoms with van der Waals surface area (Å²) in [5, 5.41) is 12.6. The lowest BCUT2D eigenvalue weighted by Gasteiger charge is -2.26. The van der Waals surface area contributed by atoms with E-state index in [4.69, 9.17) is 14.2 Å². The Balaban J connectivity index is 2.08. The molecule has 0 saturated heterocycles. The van der Waals surface area contributed by atoms with E-state index < -0.39 is 0 Å². The molecule has 0 aromatic heterocycles. The number of benzene rings is 2. The van der Waals surface area contributed by atoms with Gasteiger partial charge in [0.05, 0.1) is 32.4 Å². The zero-order valence-corrected chi connectivity index (χ0v) is 15.0. The molecule has 25 heavy (non-hydrogen) atoms. The number of hydrogen-bond donors (Lipinski definition) is 2. The summed E-state index contributed by atoms with van der Waals surface area (Å²) in [6.45, 7) is 6.07. The van der Waals surface area contributed by atoms with Crippen molar-refractivity contribution in [3.63, 3.8) is 0 Å². The van der Waals surface area contributed by atoms with Gasteiger partial charge in [-0.2, -0.15) is 0 Å². The van der Waals surface area contributed by atoms with E-state index in [2.05, 4.69) is 17.4 Å². The Labute approximate surface area is 148 Å². The Morgan fingerprint density at radius 1 is 1.04 bits per heavy atom. The standard InChI is InChI=1S/C20H25NO4/c1-4-24-18-10-13-8-9-21-20(15(13)12-19(18)25-5-2)16-11-14(23-3)6-7-17(16)22/h6-7,10-12,20-22H,4-5,8-9H2,1-3H3/p+1/t20-/m0/s1. The Morgan fingerprint density at radius 3 is 2.44 bits per heavy atom. The van der Waals surface area contributed by atoms with Crippen molar-refractivity contribution in [2.24, 2.45) is 0 Å². The van der Waals surface area contributed by atoms with E-state index >= 15 is 0 Å². The summed E-state index contributed by atoms with van der Waals surface area (Å²) in [5.41, 5.74) is 3.25. The summed E-state index contributed by atoms with van der Waals surface area (Å²) >= 11 is 0. The molecule has 5 nitrogen and oxygen atoms in total. The van der Waals surface area contributed by atoms with E-state index in [1.54, 1.807) is 19.2 Å². The maximum atomic E-state index is 10.4. The molecule has 1 aliphatic heterocycles. The van der Waals surface area contributed by atoms with E-state index in [9.17, 15) is 5.11 Å². The number of aromatic hydroxyl groups is 1. The summed E-state index contributed by atoms with van der Waals surface area (Å²) in [6.07, 6.45) is 0.961. The van der Waals surface area contributed by atoms with Crippen LogP contribution in [0.2, 0.25) is 0 Å². The Morgan fingerprint density at radius 2 is 1.76 bits per heavy atom. The van der Waals surface area contributed by atoms with Crippen LogP contribution >= 0.6 is 0 Å². The van der Waals surface area contributed by atoms with E-state index in [-0.39, 0.29) is 11.8 Å². The molecular formula is C20H26NO4+. The quantitative estimate of drug-likeness (QED) is 0.845. The van der Waals surface area contributed by atoms with Crippen LogP contribution in [-0.2, 0) is 6.42 Å². The summed E-state index contributed by atoms with van der Waals surface area (Å²) in [5.74, 6) is 2.57. The van der Waals surface area contributed by atoms with Crippen LogP contribution in [0, 0.1) is 0 Å². The number of rotatable bonds is 6. The highest BCUT2D eigenvalue weighted by atomic mass is 16.5. The summed E-state index contributed by atoms with van der Waals surface area (Å²) < 4.78 is 16.9. The number of phenolic OH excluding ortho intramolecular Hbond substituents is 1. The maximum Gasteiger partial charge on any atom is 0.161 e.